The second kappa shape index (κ2) is 14.5. The monoisotopic (exact) mass is 610 g/mol. The number of piperazine rings is 1. The number of anilines is 1. The predicted molar refractivity (Wildman–Crippen MR) is 160 cm³/mol. The van der Waals surface area contributed by atoms with Crippen LogP contribution in [0.2, 0.25) is 0 Å². The summed E-state index contributed by atoms with van der Waals surface area (Å²) >= 11 is 0. The van der Waals surface area contributed by atoms with Gasteiger partial charge < -0.3 is 38.4 Å². The molecule has 2 aliphatic rings. The fraction of sp³-hybridized carbons (Fsp3) is 0.581. The molecule has 0 radical (unpaired) electrons. The largest absolute Gasteiger partial charge is 0.455 e. The zero-order valence-corrected chi connectivity index (χ0v) is 26.3. The lowest BCUT2D eigenvalue weighted by Crippen LogP contribution is -2.56. The molecule has 44 heavy (non-hydrogen) atoms. The minimum Gasteiger partial charge on any atom is -0.455 e. The zero-order valence-electron chi connectivity index (χ0n) is 26.3. The Bertz CT molecular complexity index is 1330. The lowest BCUT2D eigenvalue weighted by molar-refractivity contribution is -0.152. The van der Waals surface area contributed by atoms with Gasteiger partial charge in [-0.05, 0) is 39.7 Å². The molecular weight excluding hydrogens is 568 g/mol. The van der Waals surface area contributed by atoms with E-state index < -0.39 is 36.2 Å². The van der Waals surface area contributed by atoms with E-state index in [4.69, 9.17) is 28.7 Å². The summed E-state index contributed by atoms with van der Waals surface area (Å²) in [6.07, 6.45) is -1.45. The molecule has 2 aromatic rings. The third-order valence-electron chi connectivity index (χ3n) is 7.36. The Kier molecular flexibility index (Phi) is 10.8. The van der Waals surface area contributed by atoms with Gasteiger partial charge in [-0.25, -0.2) is 9.59 Å². The first-order valence-electron chi connectivity index (χ1n) is 14.7. The van der Waals surface area contributed by atoms with E-state index in [1.165, 1.54) is 14.2 Å². The molecule has 4 rings (SSSR count). The van der Waals surface area contributed by atoms with Gasteiger partial charge in [-0.1, -0.05) is 30.3 Å². The minimum atomic E-state index is -0.651. The third-order valence-corrected chi connectivity index (χ3v) is 7.36. The number of carbonyl (C=O) groups is 2. The average molecular weight is 611 g/mol. The molecular formula is C31H42N6O7. The van der Waals surface area contributed by atoms with Crippen molar-refractivity contribution >= 4 is 18.0 Å². The summed E-state index contributed by atoms with van der Waals surface area (Å²) < 4.78 is 28.0. The van der Waals surface area contributed by atoms with E-state index in [-0.39, 0.29) is 25.6 Å². The van der Waals surface area contributed by atoms with Crippen LogP contribution in [0.3, 0.4) is 0 Å². The molecule has 1 aromatic carbocycles. The molecule has 0 bridgehead atoms. The van der Waals surface area contributed by atoms with Gasteiger partial charge in [-0.15, -0.1) is 0 Å². The third kappa shape index (κ3) is 8.27. The summed E-state index contributed by atoms with van der Waals surface area (Å²) in [4.78, 5) is 40.7. The number of aromatic nitrogens is 2. The molecule has 0 N–H and O–H groups in total. The fourth-order valence-corrected chi connectivity index (χ4v) is 5.26. The van der Waals surface area contributed by atoms with E-state index in [0.29, 0.717) is 44.1 Å². The first-order valence-corrected chi connectivity index (χ1v) is 14.7. The van der Waals surface area contributed by atoms with Crippen LogP contribution in [-0.2, 0) is 38.5 Å². The Morgan fingerprint density at radius 1 is 1.07 bits per heavy atom. The van der Waals surface area contributed by atoms with Crippen molar-refractivity contribution in [1.29, 1.82) is 5.26 Å². The number of methoxy groups -OCH3 is 2. The van der Waals surface area contributed by atoms with Gasteiger partial charge in [0, 0.05) is 46.0 Å². The lowest BCUT2D eigenvalue weighted by Gasteiger charge is -2.41. The summed E-state index contributed by atoms with van der Waals surface area (Å²) in [7, 11) is 3.04. The van der Waals surface area contributed by atoms with Crippen molar-refractivity contribution in [2.24, 2.45) is 0 Å². The number of carbonyl (C=O) groups excluding carboxylic acids is 2. The average Bonchev–Trinajstić information content (AvgIpc) is 2.99. The van der Waals surface area contributed by atoms with Gasteiger partial charge in [0.15, 0.2) is 6.29 Å². The van der Waals surface area contributed by atoms with Gasteiger partial charge >= 0.3 is 18.2 Å². The Labute approximate surface area is 258 Å². The number of nitriles is 1. The van der Waals surface area contributed by atoms with Crippen molar-refractivity contribution in [2.75, 3.05) is 45.3 Å². The first-order chi connectivity index (χ1) is 21.0. The lowest BCUT2D eigenvalue weighted by atomic mass is 10.0. The number of nitrogens with zero attached hydrogens (tertiary/aromatic N) is 6. The summed E-state index contributed by atoms with van der Waals surface area (Å²) in [6, 6.07) is 11.4. The van der Waals surface area contributed by atoms with E-state index in [9.17, 15) is 14.9 Å². The van der Waals surface area contributed by atoms with Crippen molar-refractivity contribution in [3.05, 3.63) is 47.2 Å². The summed E-state index contributed by atoms with van der Waals surface area (Å²) in [5.41, 5.74) is 1.78. The number of rotatable bonds is 9. The van der Waals surface area contributed by atoms with Crippen LogP contribution >= 0.6 is 0 Å². The zero-order chi connectivity index (χ0) is 31.9. The number of hydrogen-bond acceptors (Lipinski definition) is 11. The highest BCUT2D eigenvalue weighted by Gasteiger charge is 2.36. The highest BCUT2D eigenvalue weighted by atomic mass is 16.7. The molecule has 0 saturated carbocycles. The standard InChI is InChI=1S/C31H42N6O7/c1-21(27(40-5)41-6)43-28-33-25-19-36(29(38)44-31(2,3)4)15-13-24(25)26(34-28)35-16-17-37(23(18-35)12-14-32)30(39)42-20-22-10-8-7-9-11-22/h7-11,21,23,27H,12-13,15-20H2,1-6H3/t21?,23-/m0/s1. The molecule has 1 fully saturated rings. The van der Waals surface area contributed by atoms with Crippen LogP contribution in [-0.4, -0.2) is 96.4 Å². The van der Waals surface area contributed by atoms with Crippen LogP contribution in [0, 0.1) is 11.3 Å². The molecule has 1 saturated heterocycles. The number of fused-ring (bicyclic) bond motifs is 1. The number of amides is 2. The molecule has 1 unspecified atom stereocenters. The van der Waals surface area contributed by atoms with E-state index in [2.05, 4.69) is 11.1 Å². The predicted octanol–water partition coefficient (Wildman–Crippen LogP) is 3.90. The van der Waals surface area contributed by atoms with E-state index in [1.807, 2.05) is 56.0 Å². The van der Waals surface area contributed by atoms with Crippen LogP contribution < -0.4 is 9.64 Å². The number of hydrogen-bond donors (Lipinski definition) is 0. The smallest absolute Gasteiger partial charge is 0.410 e. The van der Waals surface area contributed by atoms with Crippen LogP contribution in [0.1, 0.15) is 50.9 Å². The molecule has 238 valence electrons. The minimum absolute atomic E-state index is 0.109. The van der Waals surface area contributed by atoms with Gasteiger partial charge in [0.25, 0.3) is 0 Å². The summed E-state index contributed by atoms with van der Waals surface area (Å²) in [6.45, 7) is 9.22. The second-order valence-corrected chi connectivity index (χ2v) is 11.8. The van der Waals surface area contributed by atoms with Crippen molar-refractivity contribution in [2.45, 2.75) is 77.7 Å². The van der Waals surface area contributed by atoms with Gasteiger partial charge in [0.2, 0.25) is 0 Å². The molecule has 13 heteroatoms. The van der Waals surface area contributed by atoms with Gasteiger partial charge in [-0.2, -0.15) is 15.2 Å². The second-order valence-electron chi connectivity index (χ2n) is 11.8. The van der Waals surface area contributed by atoms with Gasteiger partial charge in [0.05, 0.1) is 30.8 Å². The highest BCUT2D eigenvalue weighted by molar-refractivity contribution is 5.70. The van der Waals surface area contributed by atoms with Crippen LogP contribution in [0.4, 0.5) is 15.4 Å². The fourth-order valence-electron chi connectivity index (χ4n) is 5.26. The maximum atomic E-state index is 13.1. The molecule has 2 amide bonds. The molecule has 2 atom stereocenters. The Hall–Kier alpha value is -4.15. The number of benzene rings is 1. The molecule has 1 aromatic heterocycles. The van der Waals surface area contributed by atoms with Gasteiger partial charge in [-0.3, -0.25) is 0 Å². The molecule has 13 nitrogen and oxygen atoms in total. The van der Waals surface area contributed by atoms with E-state index in [1.54, 1.807) is 16.7 Å². The van der Waals surface area contributed by atoms with E-state index in [0.717, 1.165) is 11.1 Å². The maximum Gasteiger partial charge on any atom is 0.410 e. The molecule has 3 heterocycles. The topological polar surface area (TPSA) is 140 Å². The maximum absolute atomic E-state index is 13.1. The van der Waals surface area contributed by atoms with Gasteiger partial charge in [0.1, 0.15) is 24.1 Å². The van der Waals surface area contributed by atoms with Crippen molar-refractivity contribution < 1.29 is 33.3 Å². The SMILES string of the molecule is COC(OC)C(C)Oc1nc2c(c(N3CCN(C(=O)OCc4ccccc4)[C@@H](CC#N)C3)n1)CCN(C(=O)OC(C)(C)C)C2. The summed E-state index contributed by atoms with van der Waals surface area (Å²) in [5, 5.41) is 9.61. The molecule has 0 aliphatic carbocycles. The summed E-state index contributed by atoms with van der Waals surface area (Å²) in [5.74, 6) is 0.646. The number of ether oxygens (including phenoxy) is 5. The Morgan fingerprint density at radius 3 is 2.45 bits per heavy atom. The Balaban J connectivity index is 1.58. The van der Waals surface area contributed by atoms with Crippen molar-refractivity contribution in [3.8, 4) is 12.1 Å². The van der Waals surface area contributed by atoms with Crippen molar-refractivity contribution in [3.63, 3.8) is 0 Å². The van der Waals surface area contributed by atoms with Crippen LogP contribution in [0.15, 0.2) is 30.3 Å². The van der Waals surface area contributed by atoms with Crippen LogP contribution in [0.5, 0.6) is 6.01 Å². The van der Waals surface area contributed by atoms with Crippen LogP contribution in [0.25, 0.3) is 0 Å². The Morgan fingerprint density at radius 2 is 1.80 bits per heavy atom. The quantitative estimate of drug-likeness (QED) is 0.382. The van der Waals surface area contributed by atoms with Crippen molar-refractivity contribution in [1.82, 2.24) is 19.8 Å². The molecule has 0 spiro atoms. The van der Waals surface area contributed by atoms with E-state index >= 15 is 0 Å². The molecule has 2 aliphatic heterocycles. The highest BCUT2D eigenvalue weighted by Crippen LogP contribution is 2.31. The normalized spacial score (nSPS) is 17.5. The first kappa shape index (κ1) is 32.8.